The summed E-state index contributed by atoms with van der Waals surface area (Å²) in [5.74, 6) is -0.839. The Bertz CT molecular complexity index is 560. The summed E-state index contributed by atoms with van der Waals surface area (Å²) in [4.78, 5) is 16.1. The molecule has 0 unspecified atom stereocenters. The van der Waals surface area contributed by atoms with Gasteiger partial charge in [0.15, 0.2) is 0 Å². The number of carbonyl (C=O) groups is 1. The van der Waals surface area contributed by atoms with Crippen molar-refractivity contribution in [2.75, 3.05) is 0 Å². The molecule has 0 saturated carbocycles. The average molecular weight is 247 g/mol. The zero-order chi connectivity index (χ0) is 12.4. The van der Waals surface area contributed by atoms with E-state index in [-0.39, 0.29) is 6.42 Å². The van der Waals surface area contributed by atoms with Crippen molar-refractivity contribution in [2.24, 2.45) is 0 Å². The van der Waals surface area contributed by atoms with E-state index in [9.17, 15) is 4.79 Å². The van der Waals surface area contributed by atoms with Crippen molar-refractivity contribution in [1.29, 1.82) is 0 Å². The van der Waals surface area contributed by atoms with Crippen LogP contribution in [0.25, 0.3) is 10.6 Å². The predicted octanol–water partition coefficient (Wildman–Crippen LogP) is 3.05. The molecule has 1 heterocycles. The lowest BCUT2D eigenvalue weighted by Crippen LogP contribution is -2.01. The Labute approximate surface area is 104 Å². The second kappa shape index (κ2) is 4.67. The second-order valence-corrected chi connectivity index (χ2v) is 5.17. The Morgan fingerprint density at radius 1 is 1.41 bits per heavy atom. The van der Waals surface area contributed by atoms with Crippen LogP contribution in [0.15, 0.2) is 24.3 Å². The van der Waals surface area contributed by atoms with Crippen LogP contribution < -0.4 is 0 Å². The molecular weight excluding hydrogens is 234 g/mol. The first-order valence-corrected chi connectivity index (χ1v) is 6.13. The molecule has 0 fully saturated rings. The van der Waals surface area contributed by atoms with Crippen LogP contribution in [-0.4, -0.2) is 16.1 Å². The minimum absolute atomic E-state index is 0.00580. The molecule has 1 aromatic heterocycles. The minimum atomic E-state index is -0.839. The highest BCUT2D eigenvalue weighted by Crippen LogP contribution is 2.28. The lowest BCUT2D eigenvalue weighted by atomic mass is 10.1. The molecule has 0 aliphatic rings. The number of aryl methyl sites for hydroxylation is 2. The van der Waals surface area contributed by atoms with E-state index in [2.05, 4.69) is 11.1 Å². The van der Waals surface area contributed by atoms with Crippen molar-refractivity contribution in [3.05, 3.63) is 40.4 Å². The van der Waals surface area contributed by atoms with Gasteiger partial charge in [-0.15, -0.1) is 11.3 Å². The van der Waals surface area contributed by atoms with Gasteiger partial charge in [0.1, 0.15) is 5.01 Å². The number of thiazole rings is 1. The fourth-order valence-corrected chi connectivity index (χ4v) is 2.56. The van der Waals surface area contributed by atoms with E-state index >= 15 is 0 Å². The number of nitrogens with zero attached hydrogens (tertiary/aromatic N) is 1. The molecule has 0 radical (unpaired) electrons. The van der Waals surface area contributed by atoms with Gasteiger partial charge in [0.2, 0.25) is 0 Å². The fraction of sp³-hybridized carbons (Fsp3) is 0.231. The van der Waals surface area contributed by atoms with Crippen molar-refractivity contribution in [2.45, 2.75) is 20.3 Å². The van der Waals surface area contributed by atoms with Gasteiger partial charge in [-0.1, -0.05) is 23.8 Å². The van der Waals surface area contributed by atoms with Gasteiger partial charge in [-0.3, -0.25) is 4.79 Å². The largest absolute Gasteiger partial charge is 0.481 e. The fourth-order valence-electron chi connectivity index (χ4n) is 1.64. The first-order chi connectivity index (χ1) is 8.06. The number of hydrogen-bond donors (Lipinski definition) is 1. The molecule has 2 rings (SSSR count). The normalized spacial score (nSPS) is 10.5. The second-order valence-electron chi connectivity index (χ2n) is 3.96. The van der Waals surface area contributed by atoms with Crippen molar-refractivity contribution < 1.29 is 9.90 Å². The summed E-state index contributed by atoms with van der Waals surface area (Å²) in [6.45, 7) is 3.94. The van der Waals surface area contributed by atoms with Crippen LogP contribution in [0.1, 0.15) is 16.1 Å². The van der Waals surface area contributed by atoms with Crippen molar-refractivity contribution in [1.82, 2.24) is 4.98 Å². The maximum Gasteiger partial charge on any atom is 0.309 e. The molecule has 3 nitrogen and oxygen atoms in total. The molecule has 1 N–H and O–H groups in total. The zero-order valence-electron chi connectivity index (χ0n) is 9.73. The number of rotatable bonds is 3. The van der Waals surface area contributed by atoms with Gasteiger partial charge in [-0.25, -0.2) is 4.98 Å². The number of benzene rings is 1. The number of hydrogen-bond acceptors (Lipinski definition) is 3. The summed E-state index contributed by atoms with van der Waals surface area (Å²) < 4.78 is 0. The first kappa shape index (κ1) is 11.8. The van der Waals surface area contributed by atoms with E-state index in [1.165, 1.54) is 5.56 Å². The summed E-state index contributed by atoms with van der Waals surface area (Å²) in [7, 11) is 0. The summed E-state index contributed by atoms with van der Waals surface area (Å²) in [5, 5.41) is 9.67. The van der Waals surface area contributed by atoms with E-state index in [1.54, 1.807) is 11.3 Å². The SMILES string of the molecule is Cc1cccc(-c2nc(CC(=O)O)c(C)s2)c1. The monoisotopic (exact) mass is 247 g/mol. The Morgan fingerprint density at radius 2 is 2.18 bits per heavy atom. The molecule has 0 spiro atoms. The molecular formula is C13H13NO2S. The summed E-state index contributed by atoms with van der Waals surface area (Å²) in [5.41, 5.74) is 2.89. The third kappa shape index (κ3) is 2.71. The molecule has 88 valence electrons. The zero-order valence-corrected chi connectivity index (χ0v) is 10.5. The Morgan fingerprint density at radius 3 is 2.82 bits per heavy atom. The third-order valence-corrected chi connectivity index (χ3v) is 3.54. The number of carboxylic acid groups (broad SMARTS) is 1. The van der Waals surface area contributed by atoms with Gasteiger partial charge in [0.05, 0.1) is 12.1 Å². The van der Waals surface area contributed by atoms with Crippen molar-refractivity contribution in [3.63, 3.8) is 0 Å². The van der Waals surface area contributed by atoms with E-state index in [0.29, 0.717) is 5.69 Å². The Hall–Kier alpha value is -1.68. The molecule has 0 bridgehead atoms. The summed E-state index contributed by atoms with van der Waals surface area (Å²) >= 11 is 1.54. The van der Waals surface area contributed by atoms with E-state index in [4.69, 9.17) is 5.11 Å². The van der Waals surface area contributed by atoms with Gasteiger partial charge in [-0.2, -0.15) is 0 Å². The minimum Gasteiger partial charge on any atom is -0.481 e. The third-order valence-electron chi connectivity index (χ3n) is 2.48. The molecule has 2 aromatic rings. The van der Waals surface area contributed by atoms with Crippen LogP contribution in [-0.2, 0) is 11.2 Å². The van der Waals surface area contributed by atoms with Crippen LogP contribution >= 0.6 is 11.3 Å². The van der Waals surface area contributed by atoms with E-state index < -0.39 is 5.97 Å². The molecule has 0 atom stereocenters. The van der Waals surface area contributed by atoms with Crippen LogP contribution in [0.4, 0.5) is 0 Å². The average Bonchev–Trinajstić information content (AvgIpc) is 2.59. The van der Waals surface area contributed by atoms with Gasteiger partial charge in [0.25, 0.3) is 0 Å². The number of aliphatic carboxylic acids is 1. The van der Waals surface area contributed by atoms with Crippen molar-refractivity contribution in [3.8, 4) is 10.6 Å². The Kier molecular flexibility index (Phi) is 3.24. The predicted molar refractivity (Wildman–Crippen MR) is 68.4 cm³/mol. The molecule has 4 heteroatoms. The Balaban J connectivity index is 2.37. The molecule has 0 aliphatic carbocycles. The number of aromatic nitrogens is 1. The van der Waals surface area contributed by atoms with Crippen LogP contribution in [0, 0.1) is 13.8 Å². The van der Waals surface area contributed by atoms with Gasteiger partial charge >= 0.3 is 5.97 Å². The highest BCUT2D eigenvalue weighted by atomic mass is 32.1. The van der Waals surface area contributed by atoms with Crippen LogP contribution in [0.3, 0.4) is 0 Å². The maximum absolute atomic E-state index is 10.7. The van der Waals surface area contributed by atoms with Crippen LogP contribution in [0.2, 0.25) is 0 Å². The molecule has 0 aliphatic heterocycles. The molecule has 0 saturated heterocycles. The lowest BCUT2D eigenvalue weighted by Gasteiger charge is -1.97. The van der Waals surface area contributed by atoms with E-state index in [0.717, 1.165) is 15.4 Å². The lowest BCUT2D eigenvalue weighted by molar-refractivity contribution is -0.136. The first-order valence-electron chi connectivity index (χ1n) is 5.31. The smallest absolute Gasteiger partial charge is 0.309 e. The van der Waals surface area contributed by atoms with Gasteiger partial charge < -0.3 is 5.11 Å². The molecule has 17 heavy (non-hydrogen) atoms. The highest BCUT2D eigenvalue weighted by Gasteiger charge is 2.12. The summed E-state index contributed by atoms with van der Waals surface area (Å²) in [6.07, 6.45) is -0.00580. The standard InChI is InChI=1S/C13H13NO2S/c1-8-4-3-5-10(6-8)13-14-11(7-12(15)16)9(2)17-13/h3-6H,7H2,1-2H3,(H,15,16). The quantitative estimate of drug-likeness (QED) is 0.906. The highest BCUT2D eigenvalue weighted by molar-refractivity contribution is 7.15. The van der Waals surface area contributed by atoms with E-state index in [1.807, 2.05) is 32.0 Å². The van der Waals surface area contributed by atoms with Gasteiger partial charge in [-0.05, 0) is 19.9 Å². The topological polar surface area (TPSA) is 50.2 Å². The number of carboxylic acids is 1. The molecule has 0 amide bonds. The van der Waals surface area contributed by atoms with Gasteiger partial charge in [0, 0.05) is 10.4 Å². The maximum atomic E-state index is 10.7. The summed E-state index contributed by atoms with van der Waals surface area (Å²) in [6, 6.07) is 8.07. The van der Waals surface area contributed by atoms with Crippen LogP contribution in [0.5, 0.6) is 0 Å². The van der Waals surface area contributed by atoms with Crippen molar-refractivity contribution >= 4 is 17.3 Å². The molecule has 1 aromatic carbocycles.